The topological polar surface area (TPSA) is 108 Å². The Balaban J connectivity index is 1.49. The first-order valence-corrected chi connectivity index (χ1v) is 12.8. The lowest BCUT2D eigenvalue weighted by Gasteiger charge is -2.24. The van der Waals surface area contributed by atoms with Crippen molar-refractivity contribution in [3.05, 3.63) is 82.6 Å². The van der Waals surface area contributed by atoms with Crippen molar-refractivity contribution in [1.29, 1.82) is 0 Å². The second-order valence-corrected chi connectivity index (χ2v) is 9.42. The molecule has 4 rings (SSSR count). The molecular formula is C26H24N4O5S2. The van der Waals surface area contributed by atoms with Gasteiger partial charge in [-0.1, -0.05) is 24.3 Å². The molecule has 2 heterocycles. The zero-order chi connectivity index (χ0) is 26.4. The van der Waals surface area contributed by atoms with Gasteiger partial charge in [-0.05, 0) is 67.0 Å². The molecule has 2 aromatic carbocycles. The van der Waals surface area contributed by atoms with Crippen molar-refractivity contribution < 1.29 is 23.9 Å². The molecule has 1 atom stereocenters. The number of hydrogen-bond donors (Lipinski definition) is 2. The Morgan fingerprint density at radius 3 is 2.38 bits per heavy atom. The molecule has 37 heavy (non-hydrogen) atoms. The van der Waals surface area contributed by atoms with E-state index in [9.17, 15) is 19.2 Å². The first-order valence-electron chi connectivity index (χ1n) is 11.5. The fourth-order valence-electron chi connectivity index (χ4n) is 3.75. The average Bonchev–Trinajstić information content (AvgIpc) is 3.47. The molecule has 0 saturated carbocycles. The molecule has 1 aromatic heterocycles. The van der Waals surface area contributed by atoms with E-state index in [-0.39, 0.29) is 30.5 Å². The Morgan fingerprint density at radius 1 is 1.00 bits per heavy atom. The summed E-state index contributed by atoms with van der Waals surface area (Å²) in [7, 11) is 0. The molecule has 0 spiro atoms. The lowest BCUT2D eigenvalue weighted by Crippen LogP contribution is -2.50. The van der Waals surface area contributed by atoms with E-state index in [2.05, 4.69) is 10.7 Å². The molecule has 1 fully saturated rings. The number of hydrogen-bond acceptors (Lipinski definition) is 7. The second-order valence-electron chi connectivity index (χ2n) is 8.02. The number of nitrogens with zero attached hydrogens (tertiary/aromatic N) is 2. The van der Waals surface area contributed by atoms with Crippen molar-refractivity contribution in [3.8, 4) is 0 Å². The highest BCUT2D eigenvalue weighted by atomic mass is 32.1. The van der Waals surface area contributed by atoms with E-state index in [4.69, 9.17) is 17.0 Å². The summed E-state index contributed by atoms with van der Waals surface area (Å²) >= 11 is 6.99. The lowest BCUT2D eigenvalue weighted by atomic mass is 10.1. The molecule has 2 N–H and O–H groups in total. The number of thiophene rings is 1. The number of anilines is 2. The van der Waals surface area contributed by atoms with Crippen molar-refractivity contribution in [3.63, 3.8) is 0 Å². The van der Waals surface area contributed by atoms with E-state index in [1.807, 2.05) is 23.6 Å². The predicted molar refractivity (Wildman–Crippen MR) is 144 cm³/mol. The lowest BCUT2D eigenvalue weighted by molar-refractivity contribution is -0.128. The summed E-state index contributed by atoms with van der Waals surface area (Å²) in [6.45, 7) is 1.98. The second kappa shape index (κ2) is 11.8. The van der Waals surface area contributed by atoms with Crippen molar-refractivity contribution in [2.75, 3.05) is 16.8 Å². The van der Waals surface area contributed by atoms with Gasteiger partial charge in [-0.3, -0.25) is 24.7 Å². The summed E-state index contributed by atoms with van der Waals surface area (Å²) < 4.78 is 4.96. The van der Waals surface area contributed by atoms with E-state index in [0.717, 1.165) is 4.88 Å². The number of esters is 1. The first-order chi connectivity index (χ1) is 17.9. The molecule has 1 aliphatic rings. The van der Waals surface area contributed by atoms with Crippen LogP contribution in [0.25, 0.3) is 0 Å². The number of thiocarbonyl (C=S) groups is 1. The third kappa shape index (κ3) is 6.19. The van der Waals surface area contributed by atoms with E-state index < -0.39 is 23.8 Å². The first kappa shape index (κ1) is 26.0. The number of rotatable bonds is 9. The maximum atomic E-state index is 13.4. The number of carbonyl (C=O) groups excluding carboxylic acids is 4. The van der Waals surface area contributed by atoms with Crippen LogP contribution < -0.4 is 15.6 Å². The van der Waals surface area contributed by atoms with Gasteiger partial charge >= 0.3 is 5.97 Å². The summed E-state index contributed by atoms with van der Waals surface area (Å²) in [5, 5.41) is 5.95. The number of ether oxygens (including phenoxy) is 1. The van der Waals surface area contributed by atoms with Crippen molar-refractivity contribution >= 4 is 63.7 Å². The van der Waals surface area contributed by atoms with E-state index in [1.54, 1.807) is 43.3 Å². The fourth-order valence-corrected chi connectivity index (χ4v) is 4.82. The van der Waals surface area contributed by atoms with Crippen LogP contribution in [0.3, 0.4) is 0 Å². The summed E-state index contributed by atoms with van der Waals surface area (Å²) in [5.74, 6) is -1.70. The summed E-state index contributed by atoms with van der Waals surface area (Å²) in [6, 6.07) is 17.7. The Bertz CT molecular complexity index is 1300. The molecule has 190 valence electrons. The minimum absolute atomic E-state index is 0.0762. The van der Waals surface area contributed by atoms with E-state index in [0.29, 0.717) is 16.9 Å². The number of hydrazine groups is 1. The highest BCUT2D eigenvalue weighted by molar-refractivity contribution is 7.80. The zero-order valence-electron chi connectivity index (χ0n) is 19.9. The highest BCUT2D eigenvalue weighted by Crippen LogP contribution is 2.26. The molecule has 0 aliphatic carbocycles. The molecular weight excluding hydrogens is 512 g/mol. The largest absolute Gasteiger partial charge is 0.462 e. The van der Waals surface area contributed by atoms with Gasteiger partial charge in [0.05, 0.1) is 30.7 Å². The van der Waals surface area contributed by atoms with Gasteiger partial charge in [-0.2, -0.15) is 0 Å². The third-order valence-corrected chi connectivity index (χ3v) is 6.70. The standard InChI is InChI=1S/C26H24N4O5S2/c1-2-35-25(34)17-10-12-18(13-11-17)27-22(31)16-21-24(33)29(19-7-4-3-5-8-19)26(36)30(21)28-23(32)15-20-9-6-14-37-20/h3-14,21H,2,15-16H2,1H3,(H,27,31)(H,28,32)/t21-/m0/s1. The van der Waals surface area contributed by atoms with Crippen molar-refractivity contribution in [2.24, 2.45) is 0 Å². The fraction of sp³-hybridized carbons (Fsp3) is 0.192. The minimum Gasteiger partial charge on any atom is -0.462 e. The van der Waals surface area contributed by atoms with Crippen molar-refractivity contribution in [2.45, 2.75) is 25.8 Å². The molecule has 9 nitrogen and oxygen atoms in total. The van der Waals surface area contributed by atoms with Crippen LogP contribution in [0, 0.1) is 0 Å². The normalized spacial score (nSPS) is 15.0. The van der Waals surface area contributed by atoms with Gasteiger partial charge < -0.3 is 10.1 Å². The Kier molecular flexibility index (Phi) is 8.26. The highest BCUT2D eigenvalue weighted by Gasteiger charge is 2.45. The molecule has 1 aliphatic heterocycles. The molecule has 3 amide bonds. The number of amides is 3. The number of nitrogens with one attached hydrogen (secondary N) is 2. The summed E-state index contributed by atoms with van der Waals surface area (Å²) in [5.41, 5.74) is 4.05. The molecule has 3 aromatic rings. The van der Waals surface area contributed by atoms with E-state index in [1.165, 1.54) is 33.4 Å². The quantitative estimate of drug-likeness (QED) is 0.318. The number of benzene rings is 2. The van der Waals surface area contributed by atoms with Crippen LogP contribution in [0.5, 0.6) is 0 Å². The summed E-state index contributed by atoms with van der Waals surface area (Å²) in [6.07, 6.45) is -0.150. The predicted octanol–water partition coefficient (Wildman–Crippen LogP) is 3.53. The number of carbonyl (C=O) groups is 4. The third-order valence-electron chi connectivity index (χ3n) is 5.45. The van der Waals surface area contributed by atoms with Gasteiger partial charge in [0.25, 0.3) is 5.91 Å². The SMILES string of the molecule is CCOC(=O)c1ccc(NC(=O)C[C@H]2C(=O)N(c3ccccc3)C(=S)N2NC(=O)Cc2cccs2)cc1. The van der Waals surface area contributed by atoms with Crippen LogP contribution >= 0.6 is 23.6 Å². The molecule has 1 saturated heterocycles. The minimum atomic E-state index is -1.04. The van der Waals surface area contributed by atoms with Crippen molar-refractivity contribution in [1.82, 2.24) is 10.4 Å². The molecule has 0 bridgehead atoms. The average molecular weight is 537 g/mol. The van der Waals surface area contributed by atoms with E-state index >= 15 is 0 Å². The van der Waals surface area contributed by atoms with Crippen LogP contribution in [-0.4, -0.2) is 46.5 Å². The summed E-state index contributed by atoms with van der Waals surface area (Å²) in [4.78, 5) is 53.1. The Labute approximate surface area is 223 Å². The van der Waals surface area contributed by atoms with Gasteiger partial charge in [0.1, 0.15) is 6.04 Å². The smallest absolute Gasteiger partial charge is 0.338 e. The van der Waals surface area contributed by atoms with Crippen LogP contribution in [0.1, 0.15) is 28.6 Å². The molecule has 11 heteroatoms. The van der Waals surface area contributed by atoms with Gasteiger partial charge in [0, 0.05) is 10.6 Å². The maximum absolute atomic E-state index is 13.4. The van der Waals surface area contributed by atoms with Crippen LogP contribution in [0.15, 0.2) is 72.1 Å². The zero-order valence-corrected chi connectivity index (χ0v) is 21.5. The monoisotopic (exact) mass is 536 g/mol. The van der Waals surface area contributed by atoms with Crippen LogP contribution in [0.4, 0.5) is 11.4 Å². The van der Waals surface area contributed by atoms with Gasteiger partial charge in [0.2, 0.25) is 16.9 Å². The molecule has 0 radical (unpaired) electrons. The maximum Gasteiger partial charge on any atom is 0.338 e. The Hall–Kier alpha value is -4.09. The van der Waals surface area contributed by atoms with Gasteiger partial charge in [-0.25, -0.2) is 9.80 Å². The van der Waals surface area contributed by atoms with Gasteiger partial charge in [0.15, 0.2) is 0 Å². The Morgan fingerprint density at radius 2 is 1.73 bits per heavy atom. The van der Waals surface area contributed by atoms with Crippen LogP contribution in [0.2, 0.25) is 0 Å². The van der Waals surface area contributed by atoms with Gasteiger partial charge in [-0.15, -0.1) is 11.3 Å². The van der Waals surface area contributed by atoms with Crippen LogP contribution in [-0.2, 0) is 25.5 Å². The number of para-hydroxylation sites is 1. The molecule has 0 unspecified atom stereocenters.